The minimum Gasteiger partial charge on any atom is -0.463 e. The summed E-state index contributed by atoms with van der Waals surface area (Å²) in [7, 11) is 0. The Balaban J connectivity index is 1.43. The molecule has 4 nitrogen and oxygen atoms in total. The van der Waals surface area contributed by atoms with Gasteiger partial charge in [-0.3, -0.25) is 0 Å². The molecule has 0 spiro atoms. The lowest BCUT2D eigenvalue weighted by Gasteiger charge is -2.26. The summed E-state index contributed by atoms with van der Waals surface area (Å²) in [6.45, 7) is 5.88. The van der Waals surface area contributed by atoms with Gasteiger partial charge < -0.3 is 15.0 Å². The summed E-state index contributed by atoms with van der Waals surface area (Å²) in [6, 6.07) is 8.79. The molecule has 2 fully saturated rings. The van der Waals surface area contributed by atoms with Gasteiger partial charge in [-0.15, -0.1) is 0 Å². The highest BCUT2D eigenvalue weighted by Gasteiger charge is 2.25. The van der Waals surface area contributed by atoms with Crippen LogP contribution in [0, 0.1) is 5.92 Å². The van der Waals surface area contributed by atoms with Gasteiger partial charge in [0.2, 0.25) is 0 Å². The summed E-state index contributed by atoms with van der Waals surface area (Å²) >= 11 is 0. The Morgan fingerprint density at radius 1 is 1.19 bits per heavy atom. The molecule has 0 bridgehead atoms. The van der Waals surface area contributed by atoms with Gasteiger partial charge in [0.15, 0.2) is 0 Å². The molecule has 1 heterocycles. The fourth-order valence-electron chi connectivity index (χ4n) is 4.13. The first-order valence-electron chi connectivity index (χ1n) is 10.2. The van der Waals surface area contributed by atoms with E-state index in [1.54, 1.807) is 6.08 Å². The molecule has 4 heteroatoms. The van der Waals surface area contributed by atoms with Crippen molar-refractivity contribution in [2.24, 2.45) is 5.92 Å². The molecule has 1 aliphatic carbocycles. The number of nitrogens with one attached hydrogen (secondary N) is 1. The van der Waals surface area contributed by atoms with E-state index in [-0.39, 0.29) is 5.97 Å². The first-order chi connectivity index (χ1) is 12.7. The molecule has 1 atom stereocenters. The smallest absolute Gasteiger partial charge is 0.330 e. The molecule has 2 aliphatic rings. The number of likely N-dealkylation sites (tertiary alicyclic amines) is 1. The van der Waals surface area contributed by atoms with Gasteiger partial charge in [0.25, 0.3) is 0 Å². The van der Waals surface area contributed by atoms with Crippen LogP contribution in [-0.4, -0.2) is 43.2 Å². The lowest BCUT2D eigenvalue weighted by Crippen LogP contribution is -2.31. The number of hydrogen-bond donors (Lipinski definition) is 1. The first kappa shape index (κ1) is 19.0. The lowest BCUT2D eigenvalue weighted by atomic mass is 9.89. The minimum atomic E-state index is -0.293. The van der Waals surface area contributed by atoms with Crippen LogP contribution in [0.3, 0.4) is 0 Å². The van der Waals surface area contributed by atoms with Gasteiger partial charge in [-0.1, -0.05) is 31.4 Å². The van der Waals surface area contributed by atoms with Gasteiger partial charge in [0, 0.05) is 37.4 Å². The van der Waals surface area contributed by atoms with Crippen LogP contribution in [0.1, 0.15) is 51.0 Å². The zero-order valence-corrected chi connectivity index (χ0v) is 16.0. The quantitative estimate of drug-likeness (QED) is 0.583. The number of benzene rings is 1. The molecule has 0 aromatic heterocycles. The fraction of sp³-hybridized carbons (Fsp3) is 0.591. The molecule has 1 aromatic carbocycles. The van der Waals surface area contributed by atoms with Gasteiger partial charge in [-0.25, -0.2) is 4.79 Å². The molecule has 1 saturated carbocycles. The number of carbonyl (C=O) groups excluding carboxylic acids is 1. The highest BCUT2D eigenvalue weighted by atomic mass is 16.5. The highest BCUT2D eigenvalue weighted by molar-refractivity contribution is 5.87. The Morgan fingerprint density at radius 2 is 1.96 bits per heavy atom. The van der Waals surface area contributed by atoms with Crippen molar-refractivity contribution in [3.63, 3.8) is 0 Å². The number of anilines is 1. The second-order valence-corrected chi connectivity index (χ2v) is 7.60. The Bertz CT molecular complexity index is 591. The van der Waals surface area contributed by atoms with Crippen molar-refractivity contribution in [3.05, 3.63) is 35.9 Å². The topological polar surface area (TPSA) is 41.6 Å². The normalized spacial score (nSPS) is 22.0. The number of ether oxygens (including phenoxy) is 1. The summed E-state index contributed by atoms with van der Waals surface area (Å²) < 4.78 is 4.90. The van der Waals surface area contributed by atoms with E-state index in [1.165, 1.54) is 57.7 Å². The summed E-state index contributed by atoms with van der Waals surface area (Å²) in [5, 5.41) is 3.66. The third kappa shape index (κ3) is 5.87. The van der Waals surface area contributed by atoms with E-state index in [1.807, 2.05) is 19.1 Å². The molecular weight excluding hydrogens is 324 g/mol. The van der Waals surface area contributed by atoms with Crippen molar-refractivity contribution in [3.8, 4) is 0 Å². The van der Waals surface area contributed by atoms with Gasteiger partial charge in [-0.05, 0) is 55.9 Å². The molecule has 1 saturated heterocycles. The maximum Gasteiger partial charge on any atom is 0.330 e. The van der Waals surface area contributed by atoms with E-state index < -0.39 is 0 Å². The molecule has 1 aliphatic heterocycles. The molecule has 1 aromatic rings. The van der Waals surface area contributed by atoms with E-state index in [0.29, 0.717) is 12.6 Å². The fourth-order valence-corrected chi connectivity index (χ4v) is 4.13. The zero-order chi connectivity index (χ0) is 18.2. The SMILES string of the molecule is CCOC(=O)/C=C/c1ccc(N[C@@H]2CCN(CC3CCCCC3)C2)cc1. The largest absolute Gasteiger partial charge is 0.463 e. The third-order valence-electron chi connectivity index (χ3n) is 5.49. The molecule has 1 N–H and O–H groups in total. The summed E-state index contributed by atoms with van der Waals surface area (Å²) in [5.41, 5.74) is 2.16. The van der Waals surface area contributed by atoms with Crippen molar-refractivity contribution < 1.29 is 9.53 Å². The second kappa shape index (κ2) is 9.77. The van der Waals surface area contributed by atoms with E-state index in [2.05, 4.69) is 22.3 Å². The van der Waals surface area contributed by atoms with Gasteiger partial charge >= 0.3 is 5.97 Å². The van der Waals surface area contributed by atoms with E-state index in [0.717, 1.165) is 23.7 Å². The minimum absolute atomic E-state index is 0.293. The van der Waals surface area contributed by atoms with Crippen LogP contribution in [0.5, 0.6) is 0 Å². The van der Waals surface area contributed by atoms with E-state index in [9.17, 15) is 4.79 Å². The van der Waals surface area contributed by atoms with Crippen molar-refractivity contribution in [1.82, 2.24) is 4.90 Å². The number of esters is 1. The number of nitrogens with zero attached hydrogens (tertiary/aromatic N) is 1. The molecule has 0 unspecified atom stereocenters. The maximum atomic E-state index is 11.4. The summed E-state index contributed by atoms with van der Waals surface area (Å²) in [6.07, 6.45) is 11.6. The monoisotopic (exact) mass is 356 g/mol. The maximum absolute atomic E-state index is 11.4. The molecule has 3 rings (SSSR count). The van der Waals surface area contributed by atoms with Crippen molar-refractivity contribution >= 4 is 17.7 Å². The Kier molecular flexibility index (Phi) is 7.13. The molecule has 0 amide bonds. The van der Waals surface area contributed by atoms with Crippen molar-refractivity contribution in [1.29, 1.82) is 0 Å². The zero-order valence-electron chi connectivity index (χ0n) is 16.0. The Labute approximate surface area is 157 Å². The molecular formula is C22H32N2O2. The van der Waals surface area contributed by atoms with Crippen LogP contribution in [0.25, 0.3) is 6.08 Å². The average molecular weight is 357 g/mol. The van der Waals surface area contributed by atoms with Crippen LogP contribution < -0.4 is 5.32 Å². The summed E-state index contributed by atoms with van der Waals surface area (Å²) in [5.74, 6) is 0.631. The number of rotatable bonds is 7. The Morgan fingerprint density at radius 3 is 2.69 bits per heavy atom. The van der Waals surface area contributed by atoms with Crippen LogP contribution in [0.4, 0.5) is 5.69 Å². The predicted octanol–water partition coefficient (Wildman–Crippen LogP) is 4.33. The van der Waals surface area contributed by atoms with Crippen LogP contribution in [0.2, 0.25) is 0 Å². The van der Waals surface area contributed by atoms with Crippen LogP contribution in [0.15, 0.2) is 30.3 Å². The average Bonchev–Trinajstić information content (AvgIpc) is 3.09. The molecule has 0 radical (unpaired) electrons. The molecule has 142 valence electrons. The lowest BCUT2D eigenvalue weighted by molar-refractivity contribution is -0.137. The Hall–Kier alpha value is -1.81. The number of hydrogen-bond acceptors (Lipinski definition) is 4. The van der Waals surface area contributed by atoms with Crippen LogP contribution >= 0.6 is 0 Å². The van der Waals surface area contributed by atoms with Gasteiger partial charge in [-0.2, -0.15) is 0 Å². The van der Waals surface area contributed by atoms with Gasteiger partial charge in [0.05, 0.1) is 6.61 Å². The van der Waals surface area contributed by atoms with Crippen molar-refractivity contribution in [2.75, 3.05) is 31.6 Å². The second-order valence-electron chi connectivity index (χ2n) is 7.60. The third-order valence-corrected chi connectivity index (χ3v) is 5.49. The first-order valence-corrected chi connectivity index (χ1v) is 10.2. The molecule has 26 heavy (non-hydrogen) atoms. The van der Waals surface area contributed by atoms with E-state index in [4.69, 9.17) is 4.74 Å². The predicted molar refractivity (Wildman–Crippen MR) is 107 cm³/mol. The highest BCUT2D eigenvalue weighted by Crippen LogP contribution is 2.26. The standard InChI is InChI=1S/C22H32N2O2/c1-2-26-22(25)13-10-18-8-11-20(12-9-18)23-21-14-15-24(17-21)16-19-6-4-3-5-7-19/h8-13,19,21,23H,2-7,14-17H2,1H3/b13-10+/t21-/m1/s1. The van der Waals surface area contributed by atoms with Gasteiger partial charge in [0.1, 0.15) is 0 Å². The summed E-state index contributed by atoms with van der Waals surface area (Å²) in [4.78, 5) is 14.0. The number of carbonyl (C=O) groups is 1. The van der Waals surface area contributed by atoms with Crippen LogP contribution in [-0.2, 0) is 9.53 Å². The van der Waals surface area contributed by atoms with Crippen molar-refractivity contribution in [2.45, 2.75) is 51.5 Å². The van der Waals surface area contributed by atoms with E-state index >= 15 is 0 Å².